The average molecular weight is 605 g/mol. The molecule has 0 aliphatic carbocycles. The predicted octanol–water partition coefficient (Wildman–Crippen LogP) is 6.32. The van der Waals surface area contributed by atoms with Gasteiger partial charge in [-0.3, -0.25) is 9.78 Å². The van der Waals surface area contributed by atoms with Crippen molar-refractivity contribution in [2.45, 2.75) is 32.9 Å². The number of benzene rings is 2. The van der Waals surface area contributed by atoms with E-state index >= 15 is 0 Å². The first-order valence-corrected chi connectivity index (χ1v) is 13.8. The van der Waals surface area contributed by atoms with Crippen LogP contribution in [0, 0.1) is 20.8 Å². The number of hydrogen-bond acceptors (Lipinski definition) is 4. The lowest BCUT2D eigenvalue weighted by atomic mass is 9.96. The number of carbonyl (C=O) groups excluding carboxylic acids is 1. The molecule has 2 N–H and O–H groups in total. The van der Waals surface area contributed by atoms with Gasteiger partial charge < -0.3 is 24.8 Å². The fourth-order valence-electron chi connectivity index (χ4n) is 5.30. The Bertz CT molecular complexity index is 1540. The normalized spacial score (nSPS) is 16.8. The van der Waals surface area contributed by atoms with Gasteiger partial charge in [0.15, 0.2) is 5.11 Å². The van der Waals surface area contributed by atoms with Gasteiger partial charge in [0.05, 0.1) is 23.5 Å². The standard InChI is InChI=1S/C30H30BrN5O2S/c1-18-15-21(12-13-24(18)33-27(37)17-38-4)36-29(28(34-30(36)39)25-10-7-8-14-32-25)22-16-19(2)35(20(22)3)26-11-6-5-9-23(26)31/h5-16,28-29H,17H2,1-4H3,(H,33,37)(H,34,39)/t28-,29-/m0/s1. The summed E-state index contributed by atoms with van der Waals surface area (Å²) in [5, 5.41) is 7.08. The summed E-state index contributed by atoms with van der Waals surface area (Å²) in [7, 11) is 1.50. The maximum absolute atomic E-state index is 12.1. The molecule has 2 aromatic carbocycles. The van der Waals surface area contributed by atoms with E-state index in [1.165, 1.54) is 7.11 Å². The third-order valence-electron chi connectivity index (χ3n) is 7.02. The SMILES string of the molecule is COCC(=O)Nc1ccc(N2C(=S)N[C@@H](c3ccccn3)[C@@H]2c2cc(C)n(-c3ccccc3Br)c2C)cc1C. The van der Waals surface area contributed by atoms with Crippen LogP contribution in [0.15, 0.2) is 77.4 Å². The third kappa shape index (κ3) is 5.22. The van der Waals surface area contributed by atoms with Crippen molar-refractivity contribution in [2.24, 2.45) is 0 Å². The topological polar surface area (TPSA) is 71.4 Å². The minimum atomic E-state index is -0.195. The second-order valence-electron chi connectivity index (χ2n) is 9.59. The van der Waals surface area contributed by atoms with Crippen LogP contribution in [-0.2, 0) is 9.53 Å². The Kier molecular flexibility index (Phi) is 7.83. The van der Waals surface area contributed by atoms with Crippen LogP contribution in [-0.4, -0.2) is 34.3 Å². The molecule has 0 spiro atoms. The van der Waals surface area contributed by atoms with E-state index in [-0.39, 0.29) is 24.6 Å². The Morgan fingerprint density at radius 1 is 1.10 bits per heavy atom. The molecule has 0 bridgehead atoms. The number of amides is 1. The fourth-order valence-corrected chi connectivity index (χ4v) is 6.10. The molecule has 0 radical (unpaired) electrons. The first-order chi connectivity index (χ1) is 18.8. The molecule has 39 heavy (non-hydrogen) atoms. The summed E-state index contributed by atoms with van der Waals surface area (Å²) in [6.07, 6.45) is 1.81. The highest BCUT2D eigenvalue weighted by Gasteiger charge is 2.42. The van der Waals surface area contributed by atoms with Gasteiger partial charge in [0.1, 0.15) is 6.61 Å². The van der Waals surface area contributed by atoms with Gasteiger partial charge in [0.2, 0.25) is 5.91 Å². The summed E-state index contributed by atoms with van der Waals surface area (Å²) < 4.78 is 8.26. The first-order valence-electron chi connectivity index (χ1n) is 12.6. The molecular formula is C30H30BrN5O2S. The van der Waals surface area contributed by atoms with Gasteiger partial charge in [-0.2, -0.15) is 0 Å². The van der Waals surface area contributed by atoms with E-state index in [0.717, 1.165) is 49.7 Å². The smallest absolute Gasteiger partial charge is 0.250 e. The fraction of sp³-hybridized carbons (Fsp3) is 0.233. The number of pyridine rings is 1. The van der Waals surface area contributed by atoms with E-state index in [1.54, 1.807) is 0 Å². The second-order valence-corrected chi connectivity index (χ2v) is 10.8. The van der Waals surface area contributed by atoms with Gasteiger partial charge in [0.25, 0.3) is 0 Å². The maximum Gasteiger partial charge on any atom is 0.250 e. The molecule has 2 atom stereocenters. The van der Waals surface area contributed by atoms with Gasteiger partial charge in [-0.05, 0) is 109 Å². The van der Waals surface area contributed by atoms with Crippen molar-refractivity contribution in [3.05, 3.63) is 106 Å². The molecular weight excluding hydrogens is 574 g/mol. The third-order valence-corrected chi connectivity index (χ3v) is 8.00. The number of nitrogens with one attached hydrogen (secondary N) is 2. The van der Waals surface area contributed by atoms with Crippen molar-refractivity contribution in [3.63, 3.8) is 0 Å². The molecule has 9 heteroatoms. The minimum absolute atomic E-state index is 0.00228. The molecule has 5 rings (SSSR count). The van der Waals surface area contributed by atoms with Crippen LogP contribution >= 0.6 is 28.1 Å². The van der Waals surface area contributed by atoms with E-state index in [0.29, 0.717) is 5.11 Å². The highest BCUT2D eigenvalue weighted by molar-refractivity contribution is 9.10. The molecule has 4 aromatic rings. The van der Waals surface area contributed by atoms with Gasteiger partial charge in [-0.1, -0.05) is 18.2 Å². The number of halogens is 1. The number of hydrogen-bond donors (Lipinski definition) is 2. The van der Waals surface area contributed by atoms with E-state index in [4.69, 9.17) is 17.0 Å². The van der Waals surface area contributed by atoms with Crippen molar-refractivity contribution in [1.29, 1.82) is 0 Å². The van der Waals surface area contributed by atoms with Gasteiger partial charge in [-0.15, -0.1) is 0 Å². The highest BCUT2D eigenvalue weighted by atomic mass is 79.9. The molecule has 1 amide bonds. The van der Waals surface area contributed by atoms with E-state index in [1.807, 2.05) is 55.6 Å². The number of thiocarbonyl (C=S) groups is 1. The van der Waals surface area contributed by atoms with Gasteiger partial charge in [0, 0.05) is 40.5 Å². The zero-order valence-corrected chi connectivity index (χ0v) is 24.6. The number of carbonyl (C=O) groups is 1. The van der Waals surface area contributed by atoms with Crippen molar-refractivity contribution >= 4 is 50.5 Å². The lowest BCUT2D eigenvalue weighted by Gasteiger charge is -2.29. The van der Waals surface area contributed by atoms with Crippen LogP contribution in [0.2, 0.25) is 0 Å². The minimum Gasteiger partial charge on any atom is -0.375 e. The average Bonchev–Trinajstić information content (AvgIpc) is 3.41. The Labute approximate surface area is 242 Å². The summed E-state index contributed by atoms with van der Waals surface area (Å²) in [5.41, 5.74) is 8.01. The molecule has 1 saturated heterocycles. The van der Waals surface area contributed by atoms with Crippen LogP contribution in [0.1, 0.15) is 40.3 Å². The number of para-hydroxylation sites is 1. The molecule has 1 aliphatic heterocycles. The highest BCUT2D eigenvalue weighted by Crippen LogP contribution is 2.44. The second kappa shape index (κ2) is 11.3. The van der Waals surface area contributed by atoms with Crippen molar-refractivity contribution < 1.29 is 9.53 Å². The summed E-state index contributed by atoms with van der Waals surface area (Å²) >= 11 is 9.67. The first kappa shape index (κ1) is 27.1. The summed E-state index contributed by atoms with van der Waals surface area (Å²) in [6, 6.07) is 22.1. The van der Waals surface area contributed by atoms with Gasteiger partial charge in [-0.25, -0.2) is 0 Å². The Balaban J connectivity index is 1.62. The summed E-state index contributed by atoms with van der Waals surface area (Å²) in [4.78, 5) is 19.0. The number of methoxy groups -OCH3 is 1. The molecule has 200 valence electrons. The molecule has 1 fully saturated rings. The Hall–Kier alpha value is -3.53. The zero-order chi connectivity index (χ0) is 27.7. The van der Waals surface area contributed by atoms with Crippen LogP contribution in [0.5, 0.6) is 0 Å². The van der Waals surface area contributed by atoms with Crippen LogP contribution < -0.4 is 15.5 Å². The number of aromatic nitrogens is 2. The van der Waals surface area contributed by atoms with Crippen LogP contribution in [0.25, 0.3) is 5.69 Å². The molecule has 0 unspecified atom stereocenters. The maximum atomic E-state index is 12.1. The summed E-state index contributed by atoms with van der Waals surface area (Å²) in [6.45, 7) is 6.25. The lowest BCUT2D eigenvalue weighted by molar-refractivity contribution is -0.119. The quantitative estimate of drug-likeness (QED) is 0.241. The molecule has 2 aromatic heterocycles. The molecule has 7 nitrogen and oxygen atoms in total. The lowest BCUT2D eigenvalue weighted by Crippen LogP contribution is -2.29. The molecule has 3 heterocycles. The molecule has 0 saturated carbocycles. The number of anilines is 2. The number of nitrogens with zero attached hydrogens (tertiary/aromatic N) is 3. The Morgan fingerprint density at radius 3 is 2.56 bits per heavy atom. The number of aryl methyl sites for hydroxylation is 2. The predicted molar refractivity (Wildman–Crippen MR) is 163 cm³/mol. The number of rotatable bonds is 7. The van der Waals surface area contributed by atoms with Crippen molar-refractivity contribution in [3.8, 4) is 5.69 Å². The van der Waals surface area contributed by atoms with E-state index in [2.05, 4.69) is 79.1 Å². The van der Waals surface area contributed by atoms with E-state index < -0.39 is 0 Å². The van der Waals surface area contributed by atoms with Crippen molar-refractivity contribution in [2.75, 3.05) is 23.9 Å². The zero-order valence-electron chi connectivity index (χ0n) is 22.2. The largest absolute Gasteiger partial charge is 0.375 e. The van der Waals surface area contributed by atoms with Crippen molar-refractivity contribution in [1.82, 2.24) is 14.9 Å². The summed E-state index contributed by atoms with van der Waals surface area (Å²) in [5.74, 6) is -0.195. The monoisotopic (exact) mass is 603 g/mol. The Morgan fingerprint density at radius 2 is 1.87 bits per heavy atom. The van der Waals surface area contributed by atoms with Crippen LogP contribution in [0.4, 0.5) is 11.4 Å². The van der Waals surface area contributed by atoms with E-state index in [9.17, 15) is 4.79 Å². The van der Waals surface area contributed by atoms with Crippen LogP contribution in [0.3, 0.4) is 0 Å². The van der Waals surface area contributed by atoms with Gasteiger partial charge >= 0.3 is 0 Å². The molecule has 1 aliphatic rings. The number of ether oxygens (including phenoxy) is 1.